The Hall–Kier alpha value is -3.77. The Morgan fingerprint density at radius 3 is 2.34 bits per heavy atom. The van der Waals surface area contributed by atoms with Crippen LogP contribution < -0.4 is 19.7 Å². The molecule has 0 fully saturated rings. The lowest BCUT2D eigenvalue weighted by Crippen LogP contribution is -2.32. The molecule has 4 rings (SSSR count). The highest BCUT2D eigenvalue weighted by atomic mass is 35.5. The summed E-state index contributed by atoms with van der Waals surface area (Å²) >= 11 is 6.11. The summed E-state index contributed by atoms with van der Waals surface area (Å²) in [6.45, 7) is 2.43. The fourth-order valence-corrected chi connectivity index (χ4v) is 3.68. The van der Waals surface area contributed by atoms with Crippen LogP contribution in [0.3, 0.4) is 0 Å². The molecule has 1 heterocycles. The maximum Gasteiger partial charge on any atom is 0.282 e. The van der Waals surface area contributed by atoms with E-state index in [4.69, 9.17) is 21.1 Å². The van der Waals surface area contributed by atoms with Gasteiger partial charge in [-0.1, -0.05) is 35.9 Å². The highest BCUT2D eigenvalue weighted by Gasteiger charge is 2.40. The van der Waals surface area contributed by atoms with Crippen molar-refractivity contribution in [2.45, 2.75) is 6.92 Å². The van der Waals surface area contributed by atoms with Crippen LogP contribution in [0.15, 0.2) is 78.5 Å². The van der Waals surface area contributed by atoms with Crippen LogP contribution in [0.4, 0.5) is 11.4 Å². The van der Waals surface area contributed by atoms with Gasteiger partial charge in [-0.05, 0) is 55.0 Å². The van der Waals surface area contributed by atoms with Crippen molar-refractivity contribution in [2.75, 3.05) is 23.9 Å². The van der Waals surface area contributed by atoms with Gasteiger partial charge < -0.3 is 14.8 Å². The molecule has 0 saturated heterocycles. The summed E-state index contributed by atoms with van der Waals surface area (Å²) in [6.07, 6.45) is 0. The number of anilines is 2. The smallest absolute Gasteiger partial charge is 0.282 e. The minimum absolute atomic E-state index is 0.174. The molecule has 1 aliphatic heterocycles. The van der Waals surface area contributed by atoms with Gasteiger partial charge in [0.15, 0.2) is 0 Å². The third-order valence-electron chi connectivity index (χ3n) is 4.94. The average molecular weight is 449 g/mol. The van der Waals surface area contributed by atoms with Gasteiger partial charge in [-0.25, -0.2) is 4.90 Å². The summed E-state index contributed by atoms with van der Waals surface area (Å²) in [5.74, 6) is 0.403. The average Bonchev–Trinajstić information content (AvgIpc) is 3.04. The molecule has 0 spiro atoms. The van der Waals surface area contributed by atoms with Crippen molar-refractivity contribution in [1.82, 2.24) is 0 Å². The second kappa shape index (κ2) is 9.16. The molecule has 6 nitrogen and oxygen atoms in total. The van der Waals surface area contributed by atoms with E-state index >= 15 is 0 Å². The van der Waals surface area contributed by atoms with E-state index in [0.717, 1.165) is 4.90 Å². The van der Waals surface area contributed by atoms with E-state index in [9.17, 15) is 9.59 Å². The number of hydrogen-bond donors (Lipinski definition) is 1. The monoisotopic (exact) mass is 448 g/mol. The predicted molar refractivity (Wildman–Crippen MR) is 125 cm³/mol. The summed E-state index contributed by atoms with van der Waals surface area (Å²) in [7, 11) is 1.56. The molecule has 0 atom stereocenters. The first-order valence-electron chi connectivity index (χ1n) is 10.0. The third kappa shape index (κ3) is 4.18. The fourth-order valence-electron chi connectivity index (χ4n) is 3.49. The molecule has 0 unspecified atom stereocenters. The van der Waals surface area contributed by atoms with Crippen molar-refractivity contribution in [2.24, 2.45) is 0 Å². The van der Waals surface area contributed by atoms with E-state index in [1.165, 1.54) is 0 Å². The number of benzene rings is 3. The number of amides is 2. The molecule has 1 aliphatic rings. The van der Waals surface area contributed by atoms with Gasteiger partial charge in [0.25, 0.3) is 11.8 Å². The minimum atomic E-state index is -0.469. The van der Waals surface area contributed by atoms with Crippen LogP contribution in [0.5, 0.6) is 11.5 Å². The van der Waals surface area contributed by atoms with Crippen LogP contribution in [-0.4, -0.2) is 25.5 Å². The minimum Gasteiger partial charge on any atom is -0.497 e. The van der Waals surface area contributed by atoms with Gasteiger partial charge in [0.1, 0.15) is 17.2 Å². The van der Waals surface area contributed by atoms with Gasteiger partial charge in [-0.2, -0.15) is 0 Å². The molecule has 7 heteroatoms. The summed E-state index contributed by atoms with van der Waals surface area (Å²) in [5.41, 5.74) is 2.06. The molecule has 0 aliphatic carbocycles. The van der Waals surface area contributed by atoms with Gasteiger partial charge in [0.05, 0.1) is 25.0 Å². The lowest BCUT2D eigenvalue weighted by Gasteiger charge is -2.15. The number of nitrogens with zero attached hydrogens (tertiary/aromatic N) is 1. The second-order valence-corrected chi connectivity index (χ2v) is 7.43. The molecule has 0 bridgehead atoms. The van der Waals surface area contributed by atoms with Crippen LogP contribution >= 0.6 is 11.6 Å². The maximum atomic E-state index is 13.5. The lowest BCUT2D eigenvalue weighted by atomic mass is 10.0. The zero-order valence-corrected chi connectivity index (χ0v) is 18.3. The van der Waals surface area contributed by atoms with Gasteiger partial charge in [-0.15, -0.1) is 0 Å². The standard InChI is InChI=1S/C25H21ClN2O4/c1-3-32-20-12-10-16(11-13-20)22-23(27-18-7-5-9-21(15-18)31-2)25(30)28(24(22)29)19-8-4-6-17(26)14-19/h4-15,27H,3H2,1-2H3. The first-order valence-corrected chi connectivity index (χ1v) is 10.4. The Balaban J connectivity index is 1.79. The molecule has 3 aromatic carbocycles. The van der Waals surface area contributed by atoms with Gasteiger partial charge >= 0.3 is 0 Å². The Morgan fingerprint density at radius 1 is 0.906 bits per heavy atom. The molecular weight excluding hydrogens is 428 g/mol. The Morgan fingerprint density at radius 2 is 1.66 bits per heavy atom. The van der Waals surface area contributed by atoms with E-state index in [1.54, 1.807) is 79.9 Å². The van der Waals surface area contributed by atoms with Gasteiger partial charge in [0.2, 0.25) is 0 Å². The van der Waals surface area contributed by atoms with E-state index < -0.39 is 11.8 Å². The Bertz CT molecular complexity index is 1200. The first-order chi connectivity index (χ1) is 15.5. The normalized spacial score (nSPS) is 13.5. The number of methoxy groups -OCH3 is 1. The van der Waals surface area contributed by atoms with Gasteiger partial charge in [0, 0.05) is 16.8 Å². The molecule has 2 amide bonds. The van der Waals surface area contributed by atoms with E-state index in [-0.39, 0.29) is 11.3 Å². The number of carbonyl (C=O) groups excluding carboxylic acids is 2. The van der Waals surface area contributed by atoms with Crippen molar-refractivity contribution < 1.29 is 19.1 Å². The number of rotatable bonds is 7. The van der Waals surface area contributed by atoms with E-state index in [1.807, 2.05) is 6.92 Å². The van der Waals surface area contributed by atoms with Crippen LogP contribution in [0.25, 0.3) is 5.57 Å². The van der Waals surface area contributed by atoms with Crippen molar-refractivity contribution in [1.29, 1.82) is 0 Å². The van der Waals surface area contributed by atoms with Crippen LogP contribution in [0.1, 0.15) is 12.5 Å². The van der Waals surface area contributed by atoms with Crippen LogP contribution in [0, 0.1) is 0 Å². The molecule has 32 heavy (non-hydrogen) atoms. The zero-order valence-electron chi connectivity index (χ0n) is 17.6. The van der Waals surface area contributed by atoms with Crippen molar-refractivity contribution in [3.8, 4) is 11.5 Å². The number of imide groups is 1. The van der Waals surface area contributed by atoms with Crippen molar-refractivity contribution in [3.05, 3.63) is 89.1 Å². The maximum absolute atomic E-state index is 13.5. The van der Waals surface area contributed by atoms with E-state index in [2.05, 4.69) is 5.32 Å². The Kier molecular flexibility index (Phi) is 6.14. The van der Waals surface area contributed by atoms with Crippen LogP contribution in [-0.2, 0) is 9.59 Å². The molecule has 0 radical (unpaired) electrons. The summed E-state index contributed by atoms with van der Waals surface area (Å²) in [5, 5.41) is 3.55. The van der Waals surface area contributed by atoms with E-state index in [0.29, 0.717) is 40.1 Å². The third-order valence-corrected chi connectivity index (χ3v) is 5.18. The topological polar surface area (TPSA) is 67.9 Å². The molecule has 0 saturated carbocycles. The zero-order chi connectivity index (χ0) is 22.7. The van der Waals surface area contributed by atoms with Crippen molar-refractivity contribution >= 4 is 40.4 Å². The number of nitrogens with one attached hydrogen (secondary N) is 1. The first kappa shape index (κ1) is 21.5. The number of ether oxygens (including phenoxy) is 2. The summed E-state index contributed by atoms with van der Waals surface area (Å²) in [6, 6.07) is 20.9. The molecule has 162 valence electrons. The Labute approximate surface area is 191 Å². The summed E-state index contributed by atoms with van der Waals surface area (Å²) < 4.78 is 10.8. The highest BCUT2D eigenvalue weighted by Crippen LogP contribution is 2.35. The predicted octanol–water partition coefficient (Wildman–Crippen LogP) is 5.14. The molecule has 0 aromatic heterocycles. The lowest BCUT2D eigenvalue weighted by molar-refractivity contribution is -0.120. The number of carbonyl (C=O) groups is 2. The quantitative estimate of drug-likeness (QED) is 0.506. The number of halogens is 1. The molecular formula is C25H21ClN2O4. The largest absolute Gasteiger partial charge is 0.497 e. The summed E-state index contributed by atoms with van der Waals surface area (Å²) in [4.78, 5) is 28.0. The fraction of sp³-hybridized carbons (Fsp3) is 0.120. The highest BCUT2D eigenvalue weighted by molar-refractivity contribution is 6.46. The molecule has 1 N–H and O–H groups in total. The second-order valence-electron chi connectivity index (χ2n) is 6.99. The van der Waals surface area contributed by atoms with Gasteiger partial charge in [-0.3, -0.25) is 9.59 Å². The SMILES string of the molecule is CCOc1ccc(C2=C(Nc3cccc(OC)c3)C(=O)N(c3cccc(Cl)c3)C2=O)cc1. The number of hydrogen-bond acceptors (Lipinski definition) is 5. The van der Waals surface area contributed by atoms with Crippen molar-refractivity contribution in [3.63, 3.8) is 0 Å². The van der Waals surface area contributed by atoms with Crippen LogP contribution in [0.2, 0.25) is 5.02 Å². The molecule has 3 aromatic rings.